The monoisotopic (exact) mass is 265 g/mol. The molecule has 0 aliphatic heterocycles. The second-order valence-electron chi connectivity index (χ2n) is 4.43. The van der Waals surface area contributed by atoms with Gasteiger partial charge in [0, 0.05) is 6.04 Å². The number of amides is 1. The Bertz CT molecular complexity index is 402. The van der Waals surface area contributed by atoms with Crippen LogP contribution in [0.2, 0.25) is 0 Å². The summed E-state index contributed by atoms with van der Waals surface area (Å²) in [6.07, 6.45) is 1.30. The number of rotatable bonds is 7. The van der Waals surface area contributed by atoms with Crippen molar-refractivity contribution in [3.8, 4) is 11.5 Å². The molecular formula is C15H23NO3. The van der Waals surface area contributed by atoms with Gasteiger partial charge in [0.1, 0.15) is 0 Å². The molecule has 1 atom stereocenters. The quantitative estimate of drug-likeness (QED) is 0.824. The first-order valence-electron chi connectivity index (χ1n) is 6.72. The first-order chi connectivity index (χ1) is 9.12. The number of para-hydroxylation sites is 2. The van der Waals surface area contributed by atoms with Crippen molar-refractivity contribution in [2.75, 3.05) is 7.11 Å². The van der Waals surface area contributed by atoms with E-state index in [4.69, 9.17) is 9.47 Å². The van der Waals surface area contributed by atoms with Crippen molar-refractivity contribution in [1.29, 1.82) is 0 Å². The molecule has 1 aromatic carbocycles. The predicted octanol–water partition coefficient (Wildman–Crippen LogP) is 2.77. The SMILES string of the molecule is CCC(CC)NC(=O)C(C)Oc1ccccc1OC. The average molecular weight is 265 g/mol. The molecule has 1 unspecified atom stereocenters. The highest BCUT2D eigenvalue weighted by atomic mass is 16.5. The van der Waals surface area contributed by atoms with Crippen LogP contribution in [0.5, 0.6) is 11.5 Å². The molecular weight excluding hydrogens is 242 g/mol. The molecule has 4 heteroatoms. The van der Waals surface area contributed by atoms with E-state index in [2.05, 4.69) is 19.2 Å². The summed E-state index contributed by atoms with van der Waals surface area (Å²) < 4.78 is 10.8. The van der Waals surface area contributed by atoms with Gasteiger partial charge < -0.3 is 14.8 Å². The highest BCUT2D eigenvalue weighted by Gasteiger charge is 2.18. The number of hydrogen-bond acceptors (Lipinski definition) is 3. The average Bonchev–Trinajstić information content (AvgIpc) is 2.44. The minimum atomic E-state index is -0.545. The van der Waals surface area contributed by atoms with E-state index in [0.717, 1.165) is 12.8 Å². The van der Waals surface area contributed by atoms with Gasteiger partial charge in [-0.2, -0.15) is 0 Å². The zero-order chi connectivity index (χ0) is 14.3. The number of ether oxygens (including phenoxy) is 2. The van der Waals surface area contributed by atoms with Gasteiger partial charge in [0.2, 0.25) is 0 Å². The first-order valence-corrected chi connectivity index (χ1v) is 6.72. The molecule has 106 valence electrons. The molecule has 0 aliphatic rings. The van der Waals surface area contributed by atoms with Crippen molar-refractivity contribution >= 4 is 5.91 Å². The Balaban J connectivity index is 2.63. The third-order valence-corrected chi connectivity index (χ3v) is 3.07. The van der Waals surface area contributed by atoms with Gasteiger partial charge in [0.15, 0.2) is 17.6 Å². The molecule has 4 nitrogen and oxygen atoms in total. The molecule has 0 radical (unpaired) electrons. The van der Waals surface area contributed by atoms with E-state index in [0.29, 0.717) is 11.5 Å². The van der Waals surface area contributed by atoms with Crippen LogP contribution in [0.15, 0.2) is 24.3 Å². The van der Waals surface area contributed by atoms with E-state index in [-0.39, 0.29) is 11.9 Å². The Kier molecular flexibility index (Phi) is 6.19. The van der Waals surface area contributed by atoms with Gasteiger partial charge in [0.25, 0.3) is 5.91 Å². The van der Waals surface area contributed by atoms with Gasteiger partial charge in [-0.15, -0.1) is 0 Å². The molecule has 1 rings (SSSR count). The third-order valence-electron chi connectivity index (χ3n) is 3.07. The molecule has 0 aromatic heterocycles. The Morgan fingerprint density at radius 1 is 1.21 bits per heavy atom. The van der Waals surface area contributed by atoms with Gasteiger partial charge in [-0.05, 0) is 31.9 Å². The van der Waals surface area contributed by atoms with Gasteiger partial charge in [-0.1, -0.05) is 26.0 Å². The van der Waals surface area contributed by atoms with Crippen LogP contribution in [0, 0.1) is 0 Å². The van der Waals surface area contributed by atoms with Crippen LogP contribution in [-0.4, -0.2) is 25.2 Å². The van der Waals surface area contributed by atoms with Crippen LogP contribution in [0.25, 0.3) is 0 Å². The van der Waals surface area contributed by atoms with Crippen molar-refractivity contribution in [3.63, 3.8) is 0 Å². The Morgan fingerprint density at radius 2 is 1.79 bits per heavy atom. The highest BCUT2D eigenvalue weighted by molar-refractivity contribution is 5.81. The van der Waals surface area contributed by atoms with Crippen molar-refractivity contribution in [2.45, 2.75) is 45.8 Å². The van der Waals surface area contributed by atoms with Gasteiger partial charge in [-0.3, -0.25) is 4.79 Å². The Morgan fingerprint density at radius 3 is 2.32 bits per heavy atom. The molecule has 19 heavy (non-hydrogen) atoms. The lowest BCUT2D eigenvalue weighted by Gasteiger charge is -2.20. The topological polar surface area (TPSA) is 47.6 Å². The second-order valence-corrected chi connectivity index (χ2v) is 4.43. The molecule has 0 heterocycles. The fourth-order valence-electron chi connectivity index (χ4n) is 1.77. The maximum Gasteiger partial charge on any atom is 0.260 e. The lowest BCUT2D eigenvalue weighted by Crippen LogP contribution is -2.42. The van der Waals surface area contributed by atoms with Crippen LogP contribution in [-0.2, 0) is 4.79 Å². The summed E-state index contributed by atoms with van der Waals surface area (Å²) in [6.45, 7) is 5.85. The van der Waals surface area contributed by atoms with Crippen LogP contribution < -0.4 is 14.8 Å². The molecule has 0 aliphatic carbocycles. The van der Waals surface area contributed by atoms with E-state index in [1.165, 1.54) is 0 Å². The lowest BCUT2D eigenvalue weighted by molar-refractivity contribution is -0.128. The van der Waals surface area contributed by atoms with Gasteiger partial charge >= 0.3 is 0 Å². The van der Waals surface area contributed by atoms with E-state index in [9.17, 15) is 4.79 Å². The van der Waals surface area contributed by atoms with Crippen LogP contribution in [0.1, 0.15) is 33.6 Å². The first kappa shape index (κ1) is 15.3. The minimum absolute atomic E-state index is 0.0976. The van der Waals surface area contributed by atoms with Crippen LogP contribution in [0.3, 0.4) is 0 Å². The maximum absolute atomic E-state index is 12.0. The van der Waals surface area contributed by atoms with Crippen molar-refractivity contribution in [1.82, 2.24) is 5.32 Å². The van der Waals surface area contributed by atoms with Crippen molar-refractivity contribution < 1.29 is 14.3 Å². The number of hydrogen-bond donors (Lipinski definition) is 1. The predicted molar refractivity (Wildman–Crippen MR) is 75.6 cm³/mol. The van der Waals surface area contributed by atoms with Gasteiger partial charge in [0.05, 0.1) is 7.11 Å². The summed E-state index contributed by atoms with van der Waals surface area (Å²) in [6, 6.07) is 7.51. The van der Waals surface area contributed by atoms with E-state index in [1.54, 1.807) is 26.2 Å². The number of benzene rings is 1. The minimum Gasteiger partial charge on any atom is -0.493 e. The third kappa shape index (κ3) is 4.47. The fraction of sp³-hybridized carbons (Fsp3) is 0.533. The molecule has 0 spiro atoms. The summed E-state index contributed by atoms with van der Waals surface area (Å²) in [7, 11) is 1.58. The molecule has 0 saturated heterocycles. The molecule has 0 bridgehead atoms. The highest BCUT2D eigenvalue weighted by Crippen LogP contribution is 2.26. The summed E-state index contributed by atoms with van der Waals surface area (Å²) in [5.74, 6) is 1.11. The van der Waals surface area contributed by atoms with E-state index in [1.807, 2.05) is 12.1 Å². The zero-order valence-corrected chi connectivity index (χ0v) is 12.1. The van der Waals surface area contributed by atoms with E-state index < -0.39 is 6.10 Å². The summed E-state index contributed by atoms with van der Waals surface area (Å²) >= 11 is 0. The number of carbonyl (C=O) groups excluding carboxylic acids is 1. The number of nitrogens with one attached hydrogen (secondary N) is 1. The van der Waals surface area contributed by atoms with E-state index >= 15 is 0 Å². The lowest BCUT2D eigenvalue weighted by atomic mass is 10.1. The maximum atomic E-state index is 12.0. The van der Waals surface area contributed by atoms with Crippen LogP contribution >= 0.6 is 0 Å². The standard InChI is InChI=1S/C15H23NO3/c1-5-12(6-2)16-15(17)11(3)19-14-10-8-7-9-13(14)18-4/h7-12H,5-6H2,1-4H3,(H,16,17). The smallest absolute Gasteiger partial charge is 0.260 e. The summed E-state index contributed by atoms with van der Waals surface area (Å²) in [5.41, 5.74) is 0. The molecule has 1 N–H and O–H groups in total. The molecule has 0 saturated carbocycles. The van der Waals surface area contributed by atoms with Crippen molar-refractivity contribution in [3.05, 3.63) is 24.3 Å². The zero-order valence-electron chi connectivity index (χ0n) is 12.1. The fourth-order valence-corrected chi connectivity index (χ4v) is 1.77. The molecule has 0 fully saturated rings. The van der Waals surface area contributed by atoms with Gasteiger partial charge in [-0.25, -0.2) is 0 Å². The number of methoxy groups -OCH3 is 1. The summed E-state index contributed by atoms with van der Waals surface area (Å²) in [4.78, 5) is 12.0. The molecule has 1 aromatic rings. The Hall–Kier alpha value is -1.71. The summed E-state index contributed by atoms with van der Waals surface area (Å²) in [5, 5.41) is 2.97. The molecule has 1 amide bonds. The largest absolute Gasteiger partial charge is 0.493 e. The van der Waals surface area contributed by atoms with Crippen molar-refractivity contribution in [2.24, 2.45) is 0 Å². The Labute approximate surface area is 115 Å². The van der Waals surface area contributed by atoms with Crippen LogP contribution in [0.4, 0.5) is 0 Å². The second kappa shape index (κ2) is 7.67. The normalized spacial score (nSPS) is 12.1. The number of carbonyl (C=O) groups is 1.